The second-order valence-corrected chi connectivity index (χ2v) is 5.68. The van der Waals surface area contributed by atoms with Gasteiger partial charge in [0, 0.05) is 16.5 Å². The van der Waals surface area contributed by atoms with E-state index in [-0.39, 0.29) is 0 Å². The SMILES string of the molecule is Clc1ccc2cc(-c3ccccc3)c(-c3ccccc3)nc2n1. The van der Waals surface area contributed by atoms with Gasteiger partial charge >= 0.3 is 0 Å². The first-order valence-corrected chi connectivity index (χ1v) is 7.77. The molecule has 110 valence electrons. The molecule has 3 heteroatoms. The zero-order chi connectivity index (χ0) is 15.6. The van der Waals surface area contributed by atoms with Gasteiger partial charge in [0.2, 0.25) is 0 Å². The summed E-state index contributed by atoms with van der Waals surface area (Å²) in [7, 11) is 0. The molecule has 4 rings (SSSR count). The third-order valence-electron chi connectivity index (χ3n) is 3.78. The first-order valence-electron chi connectivity index (χ1n) is 7.39. The van der Waals surface area contributed by atoms with E-state index < -0.39 is 0 Å². The predicted octanol–water partition coefficient (Wildman–Crippen LogP) is 5.62. The van der Waals surface area contributed by atoms with Gasteiger partial charge in [-0.15, -0.1) is 0 Å². The summed E-state index contributed by atoms with van der Waals surface area (Å²) in [4.78, 5) is 9.14. The molecule has 0 aliphatic heterocycles. The lowest BCUT2D eigenvalue weighted by Gasteiger charge is -2.11. The number of rotatable bonds is 2. The molecule has 0 saturated heterocycles. The van der Waals surface area contributed by atoms with Gasteiger partial charge in [-0.2, -0.15) is 0 Å². The Bertz CT molecular complexity index is 967. The average molecular weight is 317 g/mol. The van der Waals surface area contributed by atoms with Crippen LogP contribution in [0.2, 0.25) is 5.15 Å². The Hall–Kier alpha value is -2.71. The Morgan fingerprint density at radius 1 is 0.652 bits per heavy atom. The van der Waals surface area contributed by atoms with E-state index in [1.165, 1.54) is 0 Å². The minimum atomic E-state index is 0.455. The molecule has 0 unspecified atom stereocenters. The van der Waals surface area contributed by atoms with E-state index in [1.807, 2.05) is 42.5 Å². The first-order chi connectivity index (χ1) is 11.3. The van der Waals surface area contributed by atoms with Crippen LogP contribution in [0.4, 0.5) is 0 Å². The van der Waals surface area contributed by atoms with Crippen LogP contribution in [-0.2, 0) is 0 Å². The maximum absolute atomic E-state index is 6.02. The lowest BCUT2D eigenvalue weighted by molar-refractivity contribution is 1.29. The molecule has 4 aromatic rings. The number of fused-ring (bicyclic) bond motifs is 1. The molecule has 2 heterocycles. The molecule has 0 saturated carbocycles. The van der Waals surface area contributed by atoms with Crippen LogP contribution in [0.5, 0.6) is 0 Å². The van der Waals surface area contributed by atoms with Crippen molar-refractivity contribution >= 4 is 22.6 Å². The van der Waals surface area contributed by atoms with E-state index in [0.29, 0.717) is 10.8 Å². The Labute approximate surface area is 139 Å². The van der Waals surface area contributed by atoms with Gasteiger partial charge in [0.1, 0.15) is 5.15 Å². The van der Waals surface area contributed by atoms with Gasteiger partial charge in [0.15, 0.2) is 5.65 Å². The molecular formula is C20H13ClN2. The van der Waals surface area contributed by atoms with Crippen molar-refractivity contribution in [1.29, 1.82) is 0 Å². The van der Waals surface area contributed by atoms with Crippen LogP contribution in [0.15, 0.2) is 78.9 Å². The van der Waals surface area contributed by atoms with Crippen molar-refractivity contribution in [2.45, 2.75) is 0 Å². The molecule has 2 aromatic heterocycles. The maximum Gasteiger partial charge on any atom is 0.161 e. The second-order valence-electron chi connectivity index (χ2n) is 5.30. The molecule has 0 radical (unpaired) electrons. The lowest BCUT2D eigenvalue weighted by atomic mass is 9.98. The zero-order valence-electron chi connectivity index (χ0n) is 12.3. The number of hydrogen-bond donors (Lipinski definition) is 0. The summed E-state index contributed by atoms with van der Waals surface area (Å²) in [6.45, 7) is 0. The quantitative estimate of drug-likeness (QED) is 0.449. The molecule has 0 atom stereocenters. The fraction of sp³-hybridized carbons (Fsp3) is 0. The summed E-state index contributed by atoms with van der Waals surface area (Å²) in [6.07, 6.45) is 0. The van der Waals surface area contributed by atoms with Crippen LogP contribution in [0, 0.1) is 0 Å². The van der Waals surface area contributed by atoms with Crippen LogP contribution in [0.3, 0.4) is 0 Å². The molecule has 0 amide bonds. The highest BCUT2D eigenvalue weighted by molar-refractivity contribution is 6.29. The van der Waals surface area contributed by atoms with Gasteiger partial charge in [-0.25, -0.2) is 9.97 Å². The molecule has 0 N–H and O–H groups in total. The molecule has 0 fully saturated rings. The van der Waals surface area contributed by atoms with E-state index in [0.717, 1.165) is 27.8 Å². The van der Waals surface area contributed by atoms with Crippen molar-refractivity contribution in [1.82, 2.24) is 9.97 Å². The lowest BCUT2D eigenvalue weighted by Crippen LogP contribution is -1.93. The molecule has 0 aliphatic rings. The summed E-state index contributed by atoms with van der Waals surface area (Å²) in [6, 6.07) is 26.3. The number of pyridine rings is 2. The van der Waals surface area contributed by atoms with Crippen LogP contribution >= 0.6 is 11.6 Å². The fourth-order valence-electron chi connectivity index (χ4n) is 2.68. The molecule has 2 aromatic carbocycles. The highest BCUT2D eigenvalue weighted by atomic mass is 35.5. The van der Waals surface area contributed by atoms with Gasteiger partial charge in [-0.3, -0.25) is 0 Å². The average Bonchev–Trinajstić information content (AvgIpc) is 2.62. The summed E-state index contributed by atoms with van der Waals surface area (Å²) in [5.41, 5.74) is 4.87. The van der Waals surface area contributed by atoms with E-state index >= 15 is 0 Å². The van der Waals surface area contributed by atoms with Crippen LogP contribution in [0.25, 0.3) is 33.4 Å². The summed E-state index contributed by atoms with van der Waals surface area (Å²) in [5, 5.41) is 1.43. The molecule has 2 nitrogen and oxygen atoms in total. The summed E-state index contributed by atoms with van der Waals surface area (Å²) >= 11 is 6.02. The third-order valence-corrected chi connectivity index (χ3v) is 3.99. The molecule has 0 spiro atoms. The van der Waals surface area contributed by atoms with Crippen molar-refractivity contribution < 1.29 is 0 Å². The zero-order valence-corrected chi connectivity index (χ0v) is 13.0. The number of benzene rings is 2. The van der Waals surface area contributed by atoms with Crippen molar-refractivity contribution in [2.24, 2.45) is 0 Å². The van der Waals surface area contributed by atoms with Crippen molar-refractivity contribution in [3.8, 4) is 22.4 Å². The second kappa shape index (κ2) is 5.82. The van der Waals surface area contributed by atoms with E-state index in [4.69, 9.17) is 16.6 Å². The molecule has 0 aliphatic carbocycles. The number of nitrogens with zero attached hydrogens (tertiary/aromatic N) is 2. The Morgan fingerprint density at radius 3 is 2.00 bits per heavy atom. The third kappa shape index (κ3) is 2.69. The van der Waals surface area contributed by atoms with E-state index in [9.17, 15) is 0 Å². The number of aromatic nitrogens is 2. The smallest absolute Gasteiger partial charge is 0.161 e. The fourth-order valence-corrected chi connectivity index (χ4v) is 2.83. The Kier molecular flexibility index (Phi) is 3.52. The normalized spacial score (nSPS) is 10.8. The summed E-state index contributed by atoms with van der Waals surface area (Å²) < 4.78 is 0. The Balaban J connectivity index is 2.04. The minimum absolute atomic E-state index is 0.455. The van der Waals surface area contributed by atoms with E-state index in [2.05, 4.69) is 35.3 Å². The van der Waals surface area contributed by atoms with Crippen molar-refractivity contribution in [2.75, 3.05) is 0 Å². The molecule has 0 bridgehead atoms. The minimum Gasteiger partial charge on any atom is -0.227 e. The van der Waals surface area contributed by atoms with Gasteiger partial charge in [-0.1, -0.05) is 72.3 Å². The van der Waals surface area contributed by atoms with Crippen LogP contribution in [-0.4, -0.2) is 9.97 Å². The highest BCUT2D eigenvalue weighted by Gasteiger charge is 2.12. The van der Waals surface area contributed by atoms with Crippen molar-refractivity contribution in [3.05, 3.63) is 84.0 Å². The van der Waals surface area contributed by atoms with Crippen LogP contribution < -0.4 is 0 Å². The van der Waals surface area contributed by atoms with Crippen molar-refractivity contribution in [3.63, 3.8) is 0 Å². The first kappa shape index (κ1) is 13.9. The monoisotopic (exact) mass is 316 g/mol. The molecular weight excluding hydrogens is 304 g/mol. The standard InChI is InChI=1S/C20H13ClN2/c21-18-12-11-16-13-17(14-7-3-1-4-8-14)19(23-20(16)22-18)15-9-5-2-6-10-15/h1-13H. The highest BCUT2D eigenvalue weighted by Crippen LogP contribution is 2.33. The van der Waals surface area contributed by atoms with Gasteiger partial charge < -0.3 is 0 Å². The maximum atomic E-state index is 6.02. The Morgan fingerprint density at radius 2 is 1.30 bits per heavy atom. The molecule has 23 heavy (non-hydrogen) atoms. The largest absolute Gasteiger partial charge is 0.227 e. The summed E-state index contributed by atoms with van der Waals surface area (Å²) in [5.74, 6) is 0. The van der Waals surface area contributed by atoms with E-state index in [1.54, 1.807) is 6.07 Å². The van der Waals surface area contributed by atoms with Crippen LogP contribution in [0.1, 0.15) is 0 Å². The topological polar surface area (TPSA) is 25.8 Å². The van der Waals surface area contributed by atoms with Gasteiger partial charge in [0.05, 0.1) is 5.69 Å². The predicted molar refractivity (Wildman–Crippen MR) is 95.4 cm³/mol. The number of halogens is 1. The van der Waals surface area contributed by atoms with Gasteiger partial charge in [-0.05, 0) is 23.8 Å². The van der Waals surface area contributed by atoms with Gasteiger partial charge in [0.25, 0.3) is 0 Å². The number of hydrogen-bond acceptors (Lipinski definition) is 2.